The fraction of sp³-hybridized carbons (Fsp3) is 0.267. The third-order valence-electron chi connectivity index (χ3n) is 2.95. The quantitative estimate of drug-likeness (QED) is 0.506. The molecule has 1 aromatic heterocycles. The van der Waals surface area contributed by atoms with Gasteiger partial charge in [0.25, 0.3) is 0 Å². The molecule has 4 nitrogen and oxygen atoms in total. The lowest BCUT2D eigenvalue weighted by atomic mass is 10.2. The van der Waals surface area contributed by atoms with E-state index in [4.69, 9.17) is 4.42 Å². The first-order valence-electron chi connectivity index (χ1n) is 6.51. The Hall–Kier alpha value is -1.95. The van der Waals surface area contributed by atoms with Crippen LogP contribution in [0.5, 0.6) is 0 Å². The number of hydrogen-bond acceptors (Lipinski definition) is 3. The molecule has 0 amide bonds. The van der Waals surface area contributed by atoms with Crippen LogP contribution in [-0.2, 0) is 13.1 Å². The summed E-state index contributed by atoms with van der Waals surface area (Å²) >= 11 is 1.60. The van der Waals surface area contributed by atoms with Crippen molar-refractivity contribution in [3.63, 3.8) is 0 Å². The zero-order valence-corrected chi connectivity index (χ0v) is 12.8. The van der Waals surface area contributed by atoms with Gasteiger partial charge in [-0.1, -0.05) is 0 Å². The van der Waals surface area contributed by atoms with Gasteiger partial charge in [-0.25, -0.2) is 4.39 Å². The van der Waals surface area contributed by atoms with Crippen molar-refractivity contribution >= 4 is 17.7 Å². The van der Waals surface area contributed by atoms with Gasteiger partial charge in [0.2, 0.25) is 0 Å². The van der Waals surface area contributed by atoms with Crippen molar-refractivity contribution in [3.05, 3.63) is 53.7 Å². The molecule has 0 saturated heterocycles. The van der Waals surface area contributed by atoms with Crippen LogP contribution in [0.4, 0.5) is 4.39 Å². The Morgan fingerprint density at radius 2 is 2.10 bits per heavy atom. The van der Waals surface area contributed by atoms with Crippen molar-refractivity contribution in [1.82, 2.24) is 10.6 Å². The summed E-state index contributed by atoms with van der Waals surface area (Å²) in [5, 5.41) is 6.35. The number of benzene rings is 1. The van der Waals surface area contributed by atoms with Crippen molar-refractivity contribution in [3.8, 4) is 0 Å². The largest absolute Gasteiger partial charge is 0.472 e. The van der Waals surface area contributed by atoms with E-state index in [1.165, 1.54) is 6.07 Å². The summed E-state index contributed by atoms with van der Waals surface area (Å²) in [5.41, 5.74) is 1.95. The Balaban J connectivity index is 1.92. The summed E-state index contributed by atoms with van der Waals surface area (Å²) in [6.07, 6.45) is 5.28. The molecule has 0 aliphatic carbocycles. The van der Waals surface area contributed by atoms with Crippen molar-refractivity contribution < 1.29 is 8.81 Å². The smallest absolute Gasteiger partial charge is 0.191 e. The predicted octanol–water partition coefficient (Wildman–Crippen LogP) is 3.01. The van der Waals surface area contributed by atoms with E-state index in [1.807, 2.05) is 12.3 Å². The Bertz CT molecular complexity index is 599. The van der Waals surface area contributed by atoms with E-state index in [0.717, 1.165) is 16.0 Å². The van der Waals surface area contributed by atoms with Crippen molar-refractivity contribution in [2.24, 2.45) is 4.99 Å². The second-order valence-corrected chi connectivity index (χ2v) is 5.22. The molecular formula is C15H18FN3OS. The topological polar surface area (TPSA) is 49.6 Å². The molecule has 0 radical (unpaired) electrons. The minimum atomic E-state index is -0.231. The third kappa shape index (κ3) is 4.53. The molecule has 2 rings (SSSR count). The molecular weight excluding hydrogens is 289 g/mol. The number of furan rings is 1. The van der Waals surface area contributed by atoms with Gasteiger partial charge in [-0.3, -0.25) is 4.99 Å². The number of halogens is 1. The van der Waals surface area contributed by atoms with Crippen LogP contribution in [-0.4, -0.2) is 19.3 Å². The van der Waals surface area contributed by atoms with Crippen LogP contribution in [0.3, 0.4) is 0 Å². The summed E-state index contributed by atoms with van der Waals surface area (Å²) in [6.45, 7) is 1.13. The summed E-state index contributed by atoms with van der Waals surface area (Å²) in [5.74, 6) is 0.429. The van der Waals surface area contributed by atoms with E-state index in [9.17, 15) is 4.39 Å². The number of aliphatic imine (C=N–C) groups is 1. The van der Waals surface area contributed by atoms with Crippen LogP contribution in [0.1, 0.15) is 11.1 Å². The predicted molar refractivity (Wildman–Crippen MR) is 83.9 cm³/mol. The van der Waals surface area contributed by atoms with Crippen molar-refractivity contribution in [2.45, 2.75) is 18.0 Å². The molecule has 1 heterocycles. The zero-order valence-electron chi connectivity index (χ0n) is 12.0. The summed E-state index contributed by atoms with van der Waals surface area (Å²) in [4.78, 5) is 5.19. The summed E-state index contributed by atoms with van der Waals surface area (Å²) in [7, 11) is 1.70. The van der Waals surface area contributed by atoms with E-state index in [0.29, 0.717) is 19.0 Å². The molecule has 112 valence electrons. The number of nitrogens with one attached hydrogen (secondary N) is 2. The first-order chi connectivity index (χ1) is 10.2. The maximum Gasteiger partial charge on any atom is 0.191 e. The minimum absolute atomic E-state index is 0.231. The van der Waals surface area contributed by atoms with Gasteiger partial charge in [0.05, 0.1) is 12.5 Å². The standard InChI is InChI=1S/C15H18FN3OS/c1-17-15(18-8-11-5-6-20-10-11)19-9-12-7-13(16)3-4-14(12)21-2/h3-7,10H,8-9H2,1-2H3,(H2,17,18,19). The first kappa shape index (κ1) is 15.4. The van der Waals surface area contributed by atoms with Gasteiger partial charge in [-0.2, -0.15) is 0 Å². The molecule has 0 aliphatic heterocycles. The van der Waals surface area contributed by atoms with Crippen LogP contribution in [0, 0.1) is 5.82 Å². The molecule has 0 bridgehead atoms. The lowest BCUT2D eigenvalue weighted by molar-refractivity contribution is 0.563. The number of thioether (sulfide) groups is 1. The monoisotopic (exact) mass is 307 g/mol. The van der Waals surface area contributed by atoms with Crippen molar-refractivity contribution in [2.75, 3.05) is 13.3 Å². The molecule has 0 fully saturated rings. The maximum absolute atomic E-state index is 13.3. The minimum Gasteiger partial charge on any atom is -0.472 e. The van der Waals surface area contributed by atoms with Gasteiger partial charge in [0.15, 0.2) is 5.96 Å². The number of rotatable bonds is 5. The van der Waals surface area contributed by atoms with Gasteiger partial charge >= 0.3 is 0 Å². The molecule has 0 aliphatic rings. The lowest BCUT2D eigenvalue weighted by Gasteiger charge is -2.13. The highest BCUT2D eigenvalue weighted by Gasteiger charge is 2.05. The van der Waals surface area contributed by atoms with Crippen LogP contribution >= 0.6 is 11.8 Å². The van der Waals surface area contributed by atoms with Gasteiger partial charge < -0.3 is 15.1 Å². The van der Waals surface area contributed by atoms with E-state index in [1.54, 1.807) is 43.5 Å². The Morgan fingerprint density at radius 1 is 1.29 bits per heavy atom. The maximum atomic E-state index is 13.3. The summed E-state index contributed by atoms with van der Waals surface area (Å²) < 4.78 is 18.3. The summed E-state index contributed by atoms with van der Waals surface area (Å²) in [6, 6.07) is 6.70. The molecule has 2 N–H and O–H groups in total. The SMILES string of the molecule is CN=C(NCc1ccoc1)NCc1cc(F)ccc1SC. The molecule has 0 spiro atoms. The Morgan fingerprint density at radius 3 is 2.76 bits per heavy atom. The van der Waals surface area contributed by atoms with Gasteiger partial charge in [0.1, 0.15) is 5.82 Å². The highest BCUT2D eigenvalue weighted by atomic mass is 32.2. The zero-order chi connectivity index (χ0) is 15.1. The Kier molecular flexibility index (Phi) is 5.68. The molecule has 1 aromatic carbocycles. The van der Waals surface area contributed by atoms with E-state index in [-0.39, 0.29) is 5.82 Å². The van der Waals surface area contributed by atoms with Gasteiger partial charge in [-0.05, 0) is 36.1 Å². The molecule has 0 atom stereocenters. The lowest BCUT2D eigenvalue weighted by Crippen LogP contribution is -2.36. The molecule has 21 heavy (non-hydrogen) atoms. The molecule has 6 heteroatoms. The Labute approximate surface area is 127 Å². The number of guanidine groups is 1. The van der Waals surface area contributed by atoms with Gasteiger partial charge in [-0.15, -0.1) is 11.8 Å². The van der Waals surface area contributed by atoms with Crippen molar-refractivity contribution in [1.29, 1.82) is 0 Å². The third-order valence-corrected chi connectivity index (χ3v) is 3.79. The van der Waals surface area contributed by atoms with Gasteiger partial charge in [0, 0.05) is 30.6 Å². The molecule has 2 aromatic rings. The normalized spacial score (nSPS) is 11.5. The molecule has 0 saturated carbocycles. The van der Waals surface area contributed by atoms with E-state index < -0.39 is 0 Å². The average Bonchev–Trinajstić information content (AvgIpc) is 3.01. The van der Waals surface area contributed by atoms with Crippen LogP contribution in [0.2, 0.25) is 0 Å². The van der Waals surface area contributed by atoms with E-state index in [2.05, 4.69) is 15.6 Å². The highest BCUT2D eigenvalue weighted by molar-refractivity contribution is 7.98. The fourth-order valence-electron chi connectivity index (χ4n) is 1.86. The second-order valence-electron chi connectivity index (χ2n) is 4.37. The highest BCUT2D eigenvalue weighted by Crippen LogP contribution is 2.21. The van der Waals surface area contributed by atoms with Crippen LogP contribution < -0.4 is 10.6 Å². The molecule has 0 unspecified atom stereocenters. The van der Waals surface area contributed by atoms with Crippen LogP contribution in [0.25, 0.3) is 0 Å². The number of nitrogens with zero attached hydrogens (tertiary/aromatic N) is 1. The van der Waals surface area contributed by atoms with E-state index >= 15 is 0 Å². The van der Waals surface area contributed by atoms with Crippen LogP contribution in [0.15, 0.2) is 51.1 Å². The fourth-order valence-corrected chi connectivity index (χ4v) is 2.46. The first-order valence-corrected chi connectivity index (χ1v) is 7.73. The number of hydrogen-bond donors (Lipinski definition) is 2. The second kappa shape index (κ2) is 7.73. The average molecular weight is 307 g/mol.